The Morgan fingerprint density at radius 3 is 0.865 bits per heavy atom. The van der Waals surface area contributed by atoms with Gasteiger partial charge in [-0.3, -0.25) is 0 Å². The molecule has 26 rings (SSSR count). The zero-order valence-corrected chi connectivity index (χ0v) is 69.3. The molecule has 18 aromatic carbocycles. The highest BCUT2D eigenvalue weighted by atomic mass is 32.1. The monoisotopic (exact) mass is 1640 g/mol. The molecule has 0 aliphatic carbocycles. The van der Waals surface area contributed by atoms with E-state index in [0.29, 0.717) is 34.9 Å². The lowest BCUT2D eigenvalue weighted by atomic mass is 10.0. The number of aromatic nitrogens is 10. The highest BCUT2D eigenvalue weighted by Crippen LogP contribution is 2.48. The largest absolute Gasteiger partial charge is 0.309 e. The Morgan fingerprint density at radius 1 is 0.151 bits per heavy atom. The summed E-state index contributed by atoms with van der Waals surface area (Å²) in [7, 11) is 0. The van der Waals surface area contributed by atoms with E-state index in [4.69, 9.17) is 29.9 Å². The molecule has 0 N–H and O–H groups in total. The maximum Gasteiger partial charge on any atom is 0.164 e. The van der Waals surface area contributed by atoms with E-state index in [2.05, 4.69) is 322 Å². The fraction of sp³-hybridized carbons (Fsp3) is 0. The first-order valence-electron chi connectivity index (χ1n) is 42.4. The van der Waals surface area contributed by atoms with Gasteiger partial charge in [-0.15, -0.1) is 22.7 Å². The van der Waals surface area contributed by atoms with Crippen LogP contribution in [0.1, 0.15) is 0 Å². The van der Waals surface area contributed by atoms with Crippen molar-refractivity contribution in [1.29, 1.82) is 0 Å². The lowest BCUT2D eigenvalue weighted by molar-refractivity contribution is 1.07. The summed E-state index contributed by atoms with van der Waals surface area (Å²) in [5, 5.41) is 15.3. The van der Waals surface area contributed by atoms with Gasteiger partial charge in [-0.2, -0.15) is 0 Å². The molecule has 126 heavy (non-hydrogen) atoms. The van der Waals surface area contributed by atoms with Crippen LogP contribution < -0.4 is 0 Å². The lowest BCUT2D eigenvalue weighted by Gasteiger charge is -2.12. The van der Waals surface area contributed by atoms with Crippen molar-refractivity contribution in [2.75, 3.05) is 0 Å². The van der Waals surface area contributed by atoms with Crippen molar-refractivity contribution in [1.82, 2.24) is 48.2 Å². The summed E-state index contributed by atoms with van der Waals surface area (Å²) in [4.78, 5) is 29.7. The number of hydrogen-bond acceptors (Lipinski definition) is 8. The van der Waals surface area contributed by atoms with Crippen LogP contribution in [0.25, 0.3) is 241 Å². The number of thiophene rings is 2. The first-order valence-corrected chi connectivity index (χ1v) is 44.0. The van der Waals surface area contributed by atoms with Gasteiger partial charge in [0.05, 0.1) is 44.1 Å². The SMILES string of the molecule is c1ccc(-c2nc(-c3ccccc3)nc(-c3ccc(-c4ccc(-n5c6ccccc6c6cc(-n7c8ccccc8c8c9sc%10ccccc%10c9ccc87)ccc65)cc4)cc3)n2)cc1.c1ccc(-c2nc(-c3ccccc3)nc(-c3cccc(-c4cccc(-n5c6ccccc6c6cc(-n7c8ccccc8c8c9sc%10ccccc%10c9ccc87)ccc65)c4)c3)n2)cc1. The van der Waals surface area contributed by atoms with Crippen molar-refractivity contribution in [3.63, 3.8) is 0 Å². The van der Waals surface area contributed by atoms with Gasteiger partial charge in [-0.05, 0) is 138 Å². The smallest absolute Gasteiger partial charge is 0.164 e. The molecular weight excluding hydrogens is 1570 g/mol. The quantitative estimate of drug-likeness (QED) is 0.121. The molecule has 0 unspecified atom stereocenters. The van der Waals surface area contributed by atoms with Gasteiger partial charge >= 0.3 is 0 Å². The number of nitrogens with zero attached hydrogens (tertiary/aromatic N) is 10. The summed E-state index contributed by atoms with van der Waals surface area (Å²) in [5.74, 6) is 3.88. The van der Waals surface area contributed by atoms with E-state index in [1.165, 1.54) is 117 Å². The number of benzene rings is 18. The first-order chi connectivity index (χ1) is 62.5. The fourth-order valence-electron chi connectivity index (χ4n) is 18.9. The zero-order valence-electron chi connectivity index (χ0n) is 67.7. The van der Waals surface area contributed by atoms with Crippen LogP contribution in [0.15, 0.2) is 425 Å². The minimum absolute atomic E-state index is 0.635. The van der Waals surface area contributed by atoms with Crippen molar-refractivity contribution in [2.24, 2.45) is 0 Å². The molecule has 0 aliphatic rings. The number of para-hydroxylation sites is 4. The van der Waals surface area contributed by atoms with Gasteiger partial charge in [0, 0.05) is 140 Å². The van der Waals surface area contributed by atoms with Crippen LogP contribution in [0.4, 0.5) is 0 Å². The molecule has 0 aliphatic heterocycles. The molecule has 0 amide bonds. The molecule has 12 heteroatoms. The first kappa shape index (κ1) is 72.4. The fourth-order valence-corrected chi connectivity index (χ4v) is 21.5. The van der Waals surface area contributed by atoms with Crippen LogP contribution >= 0.6 is 22.7 Å². The normalized spacial score (nSPS) is 11.8. The highest BCUT2D eigenvalue weighted by molar-refractivity contribution is 7.27. The van der Waals surface area contributed by atoms with Gasteiger partial charge in [0.2, 0.25) is 0 Å². The number of hydrogen-bond donors (Lipinski definition) is 0. The maximum atomic E-state index is 5.01. The third-order valence-corrected chi connectivity index (χ3v) is 27.2. The van der Waals surface area contributed by atoms with Crippen molar-refractivity contribution in [3.05, 3.63) is 425 Å². The van der Waals surface area contributed by atoms with E-state index in [1.807, 2.05) is 144 Å². The van der Waals surface area contributed by atoms with Gasteiger partial charge in [0.25, 0.3) is 0 Å². The van der Waals surface area contributed by atoms with Crippen molar-refractivity contribution >= 4 is 150 Å². The molecule has 26 aromatic rings. The minimum atomic E-state index is 0.635. The van der Waals surface area contributed by atoms with Gasteiger partial charge in [0.15, 0.2) is 34.9 Å². The maximum absolute atomic E-state index is 5.01. The van der Waals surface area contributed by atoms with E-state index in [1.54, 1.807) is 0 Å². The standard InChI is InChI=1S/2C57H35N5S/c1-3-15-36(16-4-1)55-58-56(37-17-5-2-6-18-37)60-57(59-55)40-21-13-19-38(33-40)39-20-14-22-41(34-39)61-48-26-10-7-23-43(48)47-35-42(29-31-50(47)61)62-49-27-11-8-25-46(49)53-51(62)32-30-45-44-24-9-12-28-52(44)63-54(45)53;1-3-13-38(14-4-1)55-58-56(39-15-5-2-6-16-39)60-57(59-55)40-25-23-36(24-26-40)37-27-29-41(30-28-37)61-48-20-10-7-17-43(48)47-35-42(31-33-50(47)61)62-49-21-11-8-19-46(49)53-51(62)34-32-45-44-18-9-12-22-52(44)63-54(45)53/h2*1-35H. The average Bonchev–Trinajstić information content (AvgIpc) is 1.56. The Bertz CT molecular complexity index is 8710. The molecule has 0 saturated heterocycles. The van der Waals surface area contributed by atoms with Gasteiger partial charge in [0.1, 0.15) is 0 Å². The van der Waals surface area contributed by atoms with Gasteiger partial charge in [-0.25, -0.2) is 29.9 Å². The average molecular weight is 1640 g/mol. The number of fused-ring (bicyclic) bond motifs is 20. The highest BCUT2D eigenvalue weighted by Gasteiger charge is 2.25. The Morgan fingerprint density at radius 2 is 0.429 bits per heavy atom. The molecule has 0 atom stereocenters. The van der Waals surface area contributed by atoms with Crippen molar-refractivity contribution in [3.8, 4) is 113 Å². The summed E-state index contributed by atoms with van der Waals surface area (Å²) >= 11 is 3.79. The lowest BCUT2D eigenvalue weighted by Crippen LogP contribution is -2.00. The molecule has 8 heterocycles. The van der Waals surface area contributed by atoms with Crippen LogP contribution in [0.2, 0.25) is 0 Å². The van der Waals surface area contributed by atoms with Gasteiger partial charge in [-0.1, -0.05) is 309 Å². The van der Waals surface area contributed by atoms with Crippen molar-refractivity contribution < 1.29 is 0 Å². The molecule has 0 radical (unpaired) electrons. The molecule has 0 fully saturated rings. The van der Waals surface area contributed by atoms with E-state index in [-0.39, 0.29) is 0 Å². The molecule has 0 spiro atoms. The summed E-state index contributed by atoms with van der Waals surface area (Å²) in [5.41, 5.74) is 24.2. The van der Waals surface area contributed by atoms with Crippen LogP contribution in [0, 0.1) is 0 Å². The summed E-state index contributed by atoms with van der Waals surface area (Å²) in [6.07, 6.45) is 0. The predicted molar refractivity (Wildman–Crippen MR) is 526 cm³/mol. The minimum Gasteiger partial charge on any atom is -0.309 e. The second-order valence-corrected chi connectivity index (χ2v) is 34.1. The zero-order chi connectivity index (χ0) is 82.9. The van der Waals surface area contributed by atoms with Gasteiger partial charge < -0.3 is 18.3 Å². The second-order valence-electron chi connectivity index (χ2n) is 32.0. The summed E-state index contributed by atoms with van der Waals surface area (Å²) in [6, 6.07) is 151. The molecule has 0 bridgehead atoms. The van der Waals surface area contributed by atoms with Crippen LogP contribution in [0.3, 0.4) is 0 Å². The number of rotatable bonds is 12. The summed E-state index contributed by atoms with van der Waals surface area (Å²) in [6.45, 7) is 0. The molecule has 588 valence electrons. The third-order valence-electron chi connectivity index (χ3n) is 24.7. The Kier molecular flexibility index (Phi) is 17.1. The van der Waals surface area contributed by atoms with Crippen molar-refractivity contribution in [2.45, 2.75) is 0 Å². The van der Waals surface area contributed by atoms with Crippen LogP contribution in [0.5, 0.6) is 0 Å². The molecular formula is C114H70N10S2. The third kappa shape index (κ3) is 12.1. The van der Waals surface area contributed by atoms with E-state index in [9.17, 15) is 0 Å². The van der Waals surface area contributed by atoms with E-state index >= 15 is 0 Å². The summed E-state index contributed by atoms with van der Waals surface area (Å²) < 4.78 is 15.0. The van der Waals surface area contributed by atoms with E-state index < -0.39 is 0 Å². The topological polar surface area (TPSA) is 97.1 Å². The Labute approximate surface area is 731 Å². The molecule has 10 nitrogen and oxygen atoms in total. The van der Waals surface area contributed by atoms with Crippen LogP contribution in [-0.2, 0) is 0 Å². The Balaban J connectivity index is 0.000000137. The second kappa shape index (κ2) is 29.8. The molecule has 0 saturated carbocycles. The Hall–Kier alpha value is -16.4. The molecule has 8 aromatic heterocycles. The predicted octanol–water partition coefficient (Wildman–Crippen LogP) is 30.2. The van der Waals surface area contributed by atoms with Crippen LogP contribution in [-0.4, -0.2) is 48.2 Å². The van der Waals surface area contributed by atoms with E-state index in [0.717, 1.165) is 89.4 Å².